The van der Waals surface area contributed by atoms with Gasteiger partial charge in [0, 0.05) is 6.20 Å². The standard InChI is InChI=1S/C21H19NO8/c1-27-18(23)13-14(19(24)28-2)16-12-8-6-5-7-11(12)9-10-22(16)17(21(26)30-4)15(13)20(25)29-3/h5-10,16H,1-4H3/t16-/m1/s1. The highest BCUT2D eigenvalue weighted by atomic mass is 16.5. The molecule has 3 rings (SSSR count). The Hall–Kier alpha value is -3.88. The highest BCUT2D eigenvalue weighted by Gasteiger charge is 2.47. The summed E-state index contributed by atoms with van der Waals surface area (Å²) < 4.78 is 19.4. The Balaban J connectivity index is 2.48. The van der Waals surface area contributed by atoms with Crippen LogP contribution < -0.4 is 0 Å². The topological polar surface area (TPSA) is 108 Å². The van der Waals surface area contributed by atoms with Crippen LogP contribution in [-0.4, -0.2) is 57.2 Å². The molecule has 0 N–H and O–H groups in total. The zero-order chi connectivity index (χ0) is 22.0. The van der Waals surface area contributed by atoms with E-state index < -0.39 is 41.1 Å². The number of ether oxygens (including phenoxy) is 4. The molecule has 0 aromatic heterocycles. The van der Waals surface area contributed by atoms with Crippen molar-refractivity contribution in [2.45, 2.75) is 6.04 Å². The molecule has 9 nitrogen and oxygen atoms in total. The van der Waals surface area contributed by atoms with E-state index in [4.69, 9.17) is 18.9 Å². The molecule has 0 amide bonds. The monoisotopic (exact) mass is 413 g/mol. The fraction of sp³-hybridized carbons (Fsp3) is 0.238. The van der Waals surface area contributed by atoms with E-state index in [0.717, 1.165) is 34.0 Å². The Labute approximate surface area is 172 Å². The van der Waals surface area contributed by atoms with Crippen molar-refractivity contribution in [1.82, 2.24) is 4.90 Å². The van der Waals surface area contributed by atoms with Gasteiger partial charge in [-0.15, -0.1) is 0 Å². The zero-order valence-corrected chi connectivity index (χ0v) is 16.8. The van der Waals surface area contributed by atoms with Gasteiger partial charge in [-0.05, 0) is 17.2 Å². The minimum Gasteiger partial charge on any atom is -0.466 e. The summed E-state index contributed by atoms with van der Waals surface area (Å²) >= 11 is 0. The minimum absolute atomic E-state index is 0.158. The van der Waals surface area contributed by atoms with Gasteiger partial charge in [0.05, 0.1) is 45.6 Å². The van der Waals surface area contributed by atoms with E-state index in [2.05, 4.69) is 0 Å². The van der Waals surface area contributed by atoms with Crippen LogP contribution in [0.2, 0.25) is 0 Å². The molecule has 156 valence electrons. The number of esters is 4. The minimum atomic E-state index is -1.01. The van der Waals surface area contributed by atoms with Crippen molar-refractivity contribution in [3.63, 3.8) is 0 Å². The smallest absolute Gasteiger partial charge is 0.355 e. The molecule has 2 aliphatic rings. The number of methoxy groups -OCH3 is 4. The Kier molecular flexibility index (Phi) is 5.72. The van der Waals surface area contributed by atoms with Crippen LogP contribution in [0.15, 0.2) is 52.9 Å². The average molecular weight is 413 g/mol. The highest BCUT2D eigenvalue weighted by Crippen LogP contribution is 2.46. The quantitative estimate of drug-likeness (QED) is 0.532. The van der Waals surface area contributed by atoms with Crippen molar-refractivity contribution in [3.05, 3.63) is 64.0 Å². The summed E-state index contributed by atoms with van der Waals surface area (Å²) in [6, 6.07) is 6.18. The van der Waals surface area contributed by atoms with Gasteiger partial charge in [0.1, 0.15) is 11.3 Å². The van der Waals surface area contributed by atoms with Crippen LogP contribution >= 0.6 is 0 Å². The van der Waals surface area contributed by atoms with E-state index in [1.807, 2.05) is 6.07 Å². The number of fused-ring (bicyclic) bond motifs is 3. The second-order valence-corrected chi connectivity index (χ2v) is 6.23. The van der Waals surface area contributed by atoms with Crippen molar-refractivity contribution in [2.24, 2.45) is 0 Å². The molecule has 1 aromatic carbocycles. The normalized spacial score (nSPS) is 17.1. The summed E-state index contributed by atoms with van der Waals surface area (Å²) in [5.74, 6) is -3.76. The molecule has 0 aliphatic carbocycles. The van der Waals surface area contributed by atoms with Crippen LogP contribution in [-0.2, 0) is 38.1 Å². The molecule has 0 radical (unpaired) electrons. The zero-order valence-electron chi connectivity index (χ0n) is 16.8. The van der Waals surface area contributed by atoms with Crippen LogP contribution in [0.3, 0.4) is 0 Å². The third-order valence-corrected chi connectivity index (χ3v) is 4.83. The lowest BCUT2D eigenvalue weighted by molar-refractivity contribution is -0.143. The SMILES string of the molecule is COC(=O)C1=C(C(=O)OC)[C@H]2c3ccccc3C=CN2C(C(=O)OC)=C1C(=O)OC. The summed E-state index contributed by atoms with van der Waals surface area (Å²) in [4.78, 5) is 52.4. The first kappa shape index (κ1) is 20.8. The maximum atomic E-state index is 12.8. The van der Waals surface area contributed by atoms with Crippen LogP contribution in [0, 0.1) is 0 Å². The van der Waals surface area contributed by atoms with E-state index >= 15 is 0 Å². The molecule has 0 fully saturated rings. The summed E-state index contributed by atoms with van der Waals surface area (Å²) in [7, 11) is 4.47. The van der Waals surface area contributed by atoms with E-state index in [-0.39, 0.29) is 11.3 Å². The van der Waals surface area contributed by atoms with Gasteiger partial charge in [-0.3, -0.25) is 0 Å². The van der Waals surface area contributed by atoms with Crippen LogP contribution in [0.4, 0.5) is 0 Å². The Morgan fingerprint density at radius 1 is 0.767 bits per heavy atom. The van der Waals surface area contributed by atoms with Crippen LogP contribution in [0.25, 0.3) is 6.08 Å². The second-order valence-electron chi connectivity index (χ2n) is 6.23. The van der Waals surface area contributed by atoms with Crippen molar-refractivity contribution >= 4 is 30.0 Å². The molecule has 1 aromatic rings. The lowest BCUT2D eigenvalue weighted by atomic mass is 9.81. The van der Waals surface area contributed by atoms with Gasteiger partial charge in [0.25, 0.3) is 0 Å². The molecule has 2 aliphatic heterocycles. The fourth-order valence-corrected chi connectivity index (χ4v) is 3.57. The Morgan fingerprint density at radius 3 is 1.93 bits per heavy atom. The molecule has 0 saturated carbocycles. The predicted molar refractivity (Wildman–Crippen MR) is 102 cm³/mol. The number of rotatable bonds is 4. The van der Waals surface area contributed by atoms with Crippen LogP contribution in [0.5, 0.6) is 0 Å². The van der Waals surface area contributed by atoms with Crippen molar-refractivity contribution in [1.29, 1.82) is 0 Å². The van der Waals surface area contributed by atoms with Gasteiger partial charge >= 0.3 is 23.9 Å². The second kappa shape index (κ2) is 8.24. The van der Waals surface area contributed by atoms with Gasteiger partial charge in [-0.25, -0.2) is 19.2 Å². The van der Waals surface area contributed by atoms with Crippen molar-refractivity contribution in [3.8, 4) is 0 Å². The maximum absolute atomic E-state index is 12.8. The summed E-state index contributed by atoms with van der Waals surface area (Å²) in [5.41, 5.74) is 0.101. The summed E-state index contributed by atoms with van der Waals surface area (Å²) in [5, 5.41) is 0. The molecule has 1 atom stereocenters. The number of hydrogen-bond donors (Lipinski definition) is 0. The van der Waals surface area contributed by atoms with Gasteiger partial charge in [-0.2, -0.15) is 0 Å². The van der Waals surface area contributed by atoms with E-state index in [1.54, 1.807) is 24.3 Å². The lowest BCUT2D eigenvalue weighted by Gasteiger charge is -2.40. The number of hydrogen-bond acceptors (Lipinski definition) is 9. The largest absolute Gasteiger partial charge is 0.466 e. The molecule has 30 heavy (non-hydrogen) atoms. The third-order valence-electron chi connectivity index (χ3n) is 4.83. The fourth-order valence-electron chi connectivity index (χ4n) is 3.57. The molecule has 0 saturated heterocycles. The molecule has 0 unspecified atom stereocenters. The van der Waals surface area contributed by atoms with E-state index in [9.17, 15) is 19.2 Å². The van der Waals surface area contributed by atoms with Gasteiger partial charge in [0.15, 0.2) is 0 Å². The molecular weight excluding hydrogens is 394 g/mol. The molecule has 2 heterocycles. The first-order chi connectivity index (χ1) is 14.4. The number of nitrogens with zero attached hydrogens (tertiary/aromatic N) is 1. The summed E-state index contributed by atoms with van der Waals surface area (Å²) in [6.07, 6.45) is 3.24. The third kappa shape index (κ3) is 3.14. The number of carbonyl (C=O) groups is 4. The Morgan fingerprint density at radius 2 is 1.33 bits per heavy atom. The predicted octanol–water partition coefficient (Wildman–Crippen LogP) is 1.27. The molecule has 0 bridgehead atoms. The van der Waals surface area contributed by atoms with Crippen molar-refractivity contribution in [2.75, 3.05) is 28.4 Å². The van der Waals surface area contributed by atoms with Gasteiger partial charge in [-0.1, -0.05) is 24.3 Å². The van der Waals surface area contributed by atoms with Crippen LogP contribution in [0.1, 0.15) is 17.2 Å². The molecule has 9 heteroatoms. The van der Waals surface area contributed by atoms with Gasteiger partial charge < -0.3 is 23.8 Å². The Bertz CT molecular complexity index is 1030. The molecule has 0 spiro atoms. The average Bonchev–Trinajstić information content (AvgIpc) is 2.79. The highest BCUT2D eigenvalue weighted by molar-refractivity contribution is 6.16. The first-order valence-corrected chi connectivity index (χ1v) is 8.78. The molecular formula is C21H19NO8. The van der Waals surface area contributed by atoms with E-state index in [0.29, 0.717) is 5.56 Å². The number of carbonyl (C=O) groups excluding carboxylic acids is 4. The van der Waals surface area contributed by atoms with Gasteiger partial charge in [0.2, 0.25) is 0 Å². The lowest BCUT2D eigenvalue weighted by Crippen LogP contribution is -2.41. The number of benzene rings is 1. The van der Waals surface area contributed by atoms with E-state index in [1.165, 1.54) is 11.1 Å². The summed E-state index contributed by atoms with van der Waals surface area (Å²) in [6.45, 7) is 0. The van der Waals surface area contributed by atoms with Crippen molar-refractivity contribution < 1.29 is 38.1 Å². The first-order valence-electron chi connectivity index (χ1n) is 8.78. The maximum Gasteiger partial charge on any atom is 0.355 e.